The van der Waals surface area contributed by atoms with E-state index in [-0.39, 0.29) is 24.0 Å². The number of hydrogen-bond acceptors (Lipinski definition) is 2. The molecule has 1 N–H and O–H groups in total. The van der Waals surface area contributed by atoms with E-state index < -0.39 is 0 Å². The molecular weight excluding hydrogens is 288 g/mol. The summed E-state index contributed by atoms with van der Waals surface area (Å²) in [6.45, 7) is 2.97. The first-order chi connectivity index (χ1) is 9.59. The number of fused-ring (bicyclic) bond motifs is 3. The van der Waals surface area contributed by atoms with Crippen LogP contribution in [-0.2, 0) is 0 Å². The highest BCUT2D eigenvalue weighted by Crippen LogP contribution is 2.15. The molecule has 3 rings (SSSR count). The zero-order valence-electron chi connectivity index (χ0n) is 12.4. The topological polar surface area (TPSA) is 43.7 Å². The lowest BCUT2D eigenvalue weighted by molar-refractivity contribution is -0.860. The molecule has 0 aromatic carbocycles. The average molecular weight is 307 g/mol. The van der Waals surface area contributed by atoms with Gasteiger partial charge in [-0.1, -0.05) is 0 Å². The molecule has 0 aliphatic carbocycles. The van der Waals surface area contributed by atoms with Crippen molar-refractivity contribution in [3.8, 4) is 0 Å². The van der Waals surface area contributed by atoms with E-state index in [1.165, 1.54) is 4.90 Å². The van der Waals surface area contributed by atoms with Crippen LogP contribution in [0.1, 0.15) is 13.0 Å². The summed E-state index contributed by atoms with van der Waals surface area (Å²) >= 11 is 0. The molecule has 3 aromatic rings. The lowest BCUT2D eigenvalue weighted by Gasteiger charge is -2.20. The normalized spacial score (nSPS) is 12.8. The second-order valence-electron chi connectivity index (χ2n) is 5.54. The molecule has 5 nitrogen and oxygen atoms in total. The molecule has 0 spiro atoms. The standard InChI is InChI=1S/C15H18N4O.ClH/c1-11(10-17(2)3)19-12-6-4-8-16-14(12)18-9-5-7-13(18)15(19)20;/h4-9,11H,10H2,1-3H3;1H. The van der Waals surface area contributed by atoms with E-state index in [0.717, 1.165) is 17.7 Å². The van der Waals surface area contributed by atoms with Gasteiger partial charge in [0.05, 0.1) is 32.2 Å². The molecule has 21 heavy (non-hydrogen) atoms. The fraction of sp³-hybridized carbons (Fsp3) is 0.333. The first-order valence-corrected chi connectivity index (χ1v) is 6.85. The zero-order chi connectivity index (χ0) is 14.3. The largest absolute Gasteiger partial charge is 1.00 e. The SMILES string of the molecule is CC(C[NH+](C)C)n1c(=O)c2cccn2c2ncccc21.[Cl-]. The van der Waals surface area contributed by atoms with Gasteiger partial charge in [-0.3, -0.25) is 13.8 Å². The number of hydrogen-bond donors (Lipinski definition) is 1. The minimum Gasteiger partial charge on any atom is -1.00 e. The fourth-order valence-corrected chi connectivity index (χ4v) is 2.85. The average Bonchev–Trinajstić information content (AvgIpc) is 2.88. The molecule has 1 unspecified atom stereocenters. The van der Waals surface area contributed by atoms with E-state index in [1.807, 2.05) is 39.4 Å². The van der Waals surface area contributed by atoms with Crippen LogP contribution in [0, 0.1) is 0 Å². The Labute approximate surface area is 129 Å². The fourth-order valence-electron chi connectivity index (χ4n) is 2.85. The summed E-state index contributed by atoms with van der Waals surface area (Å²) in [4.78, 5) is 18.5. The van der Waals surface area contributed by atoms with Crippen LogP contribution in [-0.4, -0.2) is 34.6 Å². The summed E-state index contributed by atoms with van der Waals surface area (Å²) in [7, 11) is 4.19. The molecule has 3 aromatic heterocycles. The molecule has 0 aliphatic rings. The highest BCUT2D eigenvalue weighted by atomic mass is 35.5. The Morgan fingerprint density at radius 3 is 2.67 bits per heavy atom. The molecule has 1 atom stereocenters. The Morgan fingerprint density at radius 2 is 1.95 bits per heavy atom. The van der Waals surface area contributed by atoms with Gasteiger partial charge in [0.25, 0.3) is 5.56 Å². The number of rotatable bonds is 3. The van der Waals surface area contributed by atoms with Crippen molar-refractivity contribution < 1.29 is 17.3 Å². The Kier molecular flexibility index (Phi) is 4.34. The van der Waals surface area contributed by atoms with E-state index in [2.05, 4.69) is 26.0 Å². The molecular formula is C15H19ClN4O. The Hall–Kier alpha value is -1.85. The van der Waals surface area contributed by atoms with Crippen LogP contribution in [0.2, 0.25) is 0 Å². The van der Waals surface area contributed by atoms with Crippen molar-refractivity contribution in [3.63, 3.8) is 0 Å². The smallest absolute Gasteiger partial charge is 0.275 e. The van der Waals surface area contributed by atoms with Gasteiger partial charge in [0.15, 0.2) is 5.65 Å². The highest BCUT2D eigenvalue weighted by Gasteiger charge is 2.17. The van der Waals surface area contributed by atoms with Crippen LogP contribution in [0.15, 0.2) is 41.5 Å². The Morgan fingerprint density at radius 1 is 1.24 bits per heavy atom. The lowest BCUT2D eigenvalue weighted by Crippen LogP contribution is -3.06. The minimum atomic E-state index is 0. The molecule has 112 valence electrons. The Bertz CT molecular complexity index is 821. The van der Waals surface area contributed by atoms with Crippen LogP contribution in [0.5, 0.6) is 0 Å². The number of quaternary nitrogens is 1. The predicted molar refractivity (Wildman–Crippen MR) is 79.3 cm³/mol. The van der Waals surface area contributed by atoms with E-state index in [4.69, 9.17) is 0 Å². The number of nitrogens with one attached hydrogen (secondary N) is 1. The van der Waals surface area contributed by atoms with E-state index in [1.54, 1.807) is 6.20 Å². The molecule has 0 radical (unpaired) electrons. The third kappa shape index (κ3) is 2.54. The van der Waals surface area contributed by atoms with Crippen LogP contribution in [0.4, 0.5) is 0 Å². The molecule has 0 saturated carbocycles. The molecule has 3 heterocycles. The number of pyridine rings is 1. The van der Waals surface area contributed by atoms with Crippen molar-refractivity contribution in [1.29, 1.82) is 0 Å². The number of aromatic nitrogens is 3. The van der Waals surface area contributed by atoms with E-state index >= 15 is 0 Å². The van der Waals surface area contributed by atoms with Crippen molar-refractivity contribution in [3.05, 3.63) is 47.0 Å². The first-order valence-electron chi connectivity index (χ1n) is 6.85. The number of nitrogens with zero attached hydrogens (tertiary/aromatic N) is 3. The van der Waals surface area contributed by atoms with Crippen LogP contribution in [0.3, 0.4) is 0 Å². The van der Waals surface area contributed by atoms with Crippen LogP contribution >= 0.6 is 0 Å². The second kappa shape index (κ2) is 5.87. The van der Waals surface area contributed by atoms with Crippen molar-refractivity contribution in [1.82, 2.24) is 14.0 Å². The maximum atomic E-state index is 12.7. The Balaban J connectivity index is 0.00000161. The zero-order valence-corrected chi connectivity index (χ0v) is 13.1. The summed E-state index contributed by atoms with van der Waals surface area (Å²) < 4.78 is 3.73. The monoisotopic (exact) mass is 306 g/mol. The summed E-state index contributed by atoms with van der Waals surface area (Å²) in [5, 5.41) is 0. The molecule has 0 fully saturated rings. The molecule has 0 aliphatic heterocycles. The van der Waals surface area contributed by atoms with Gasteiger partial charge in [-0.25, -0.2) is 4.98 Å². The van der Waals surface area contributed by atoms with Crippen molar-refractivity contribution in [2.45, 2.75) is 13.0 Å². The highest BCUT2D eigenvalue weighted by molar-refractivity contribution is 5.75. The maximum absolute atomic E-state index is 12.7. The summed E-state index contributed by atoms with van der Waals surface area (Å²) in [6.07, 6.45) is 3.65. The molecule has 0 bridgehead atoms. The van der Waals surface area contributed by atoms with Gasteiger partial charge in [0.2, 0.25) is 0 Å². The number of likely N-dealkylation sites (N-methyl/N-ethyl adjacent to an activating group) is 1. The van der Waals surface area contributed by atoms with Gasteiger partial charge in [0.1, 0.15) is 5.52 Å². The van der Waals surface area contributed by atoms with Crippen molar-refractivity contribution in [2.24, 2.45) is 0 Å². The van der Waals surface area contributed by atoms with Gasteiger partial charge in [-0.2, -0.15) is 0 Å². The number of halogens is 1. The predicted octanol–water partition coefficient (Wildman–Crippen LogP) is -2.64. The quantitative estimate of drug-likeness (QED) is 0.575. The third-order valence-electron chi connectivity index (χ3n) is 3.58. The van der Waals surface area contributed by atoms with Gasteiger partial charge < -0.3 is 17.3 Å². The van der Waals surface area contributed by atoms with Gasteiger partial charge in [-0.15, -0.1) is 0 Å². The second-order valence-corrected chi connectivity index (χ2v) is 5.54. The van der Waals surface area contributed by atoms with Gasteiger partial charge in [0, 0.05) is 12.4 Å². The van der Waals surface area contributed by atoms with Crippen molar-refractivity contribution in [2.75, 3.05) is 20.6 Å². The summed E-state index contributed by atoms with van der Waals surface area (Å²) in [5.74, 6) is 0. The van der Waals surface area contributed by atoms with Gasteiger partial charge in [-0.05, 0) is 31.2 Å². The van der Waals surface area contributed by atoms with Crippen LogP contribution in [0.25, 0.3) is 16.7 Å². The maximum Gasteiger partial charge on any atom is 0.275 e. The third-order valence-corrected chi connectivity index (χ3v) is 3.58. The van der Waals surface area contributed by atoms with E-state index in [9.17, 15) is 4.79 Å². The van der Waals surface area contributed by atoms with Gasteiger partial charge >= 0.3 is 0 Å². The molecule has 6 heteroatoms. The van der Waals surface area contributed by atoms with Crippen LogP contribution < -0.4 is 22.9 Å². The summed E-state index contributed by atoms with van der Waals surface area (Å²) in [5.41, 5.74) is 2.43. The molecule has 0 saturated heterocycles. The van der Waals surface area contributed by atoms with Crippen molar-refractivity contribution >= 4 is 16.7 Å². The minimum absolute atomic E-state index is 0. The molecule has 0 amide bonds. The lowest BCUT2D eigenvalue weighted by atomic mass is 10.2. The first kappa shape index (κ1) is 15.5. The summed E-state index contributed by atoms with van der Waals surface area (Å²) in [6, 6.07) is 7.70. The van der Waals surface area contributed by atoms with E-state index in [0.29, 0.717) is 5.52 Å².